The van der Waals surface area contributed by atoms with Gasteiger partial charge in [0.05, 0.1) is 7.11 Å². The molecule has 0 bridgehead atoms. The highest BCUT2D eigenvalue weighted by Crippen LogP contribution is 2.09. The number of hydrogen-bond acceptors (Lipinski definition) is 5. The SMILES string of the molecule is CC[C@H](C)[C@H](NC(=O)OCc1ccccc1)C(=O)NCCCCC(=O)OC. The average Bonchev–Trinajstić information content (AvgIpc) is 2.69. The van der Waals surface area contributed by atoms with E-state index in [0.29, 0.717) is 25.8 Å². The molecule has 0 heterocycles. The van der Waals surface area contributed by atoms with Crippen LogP contribution in [0.4, 0.5) is 4.79 Å². The Bertz CT molecular complexity index is 591. The molecule has 0 aromatic heterocycles. The Morgan fingerprint density at radius 3 is 2.44 bits per heavy atom. The van der Waals surface area contributed by atoms with Crippen molar-refractivity contribution >= 4 is 18.0 Å². The van der Waals surface area contributed by atoms with Crippen LogP contribution in [-0.2, 0) is 25.7 Å². The van der Waals surface area contributed by atoms with E-state index in [1.165, 1.54) is 7.11 Å². The van der Waals surface area contributed by atoms with Crippen molar-refractivity contribution in [1.82, 2.24) is 10.6 Å². The number of benzene rings is 1. The molecule has 2 atom stereocenters. The molecule has 27 heavy (non-hydrogen) atoms. The number of ether oxygens (including phenoxy) is 2. The van der Waals surface area contributed by atoms with E-state index < -0.39 is 12.1 Å². The lowest BCUT2D eigenvalue weighted by Crippen LogP contribution is -2.50. The first-order valence-electron chi connectivity index (χ1n) is 9.29. The van der Waals surface area contributed by atoms with Gasteiger partial charge in [-0.25, -0.2) is 4.79 Å². The summed E-state index contributed by atoms with van der Waals surface area (Å²) in [6.07, 6.45) is 1.73. The molecular weight excluding hydrogens is 348 g/mol. The second-order valence-electron chi connectivity index (χ2n) is 6.39. The number of rotatable bonds is 11. The van der Waals surface area contributed by atoms with Crippen molar-refractivity contribution in [2.75, 3.05) is 13.7 Å². The van der Waals surface area contributed by atoms with Crippen molar-refractivity contribution in [3.63, 3.8) is 0 Å². The number of methoxy groups -OCH3 is 1. The van der Waals surface area contributed by atoms with E-state index in [0.717, 1.165) is 12.0 Å². The third kappa shape index (κ3) is 9.08. The number of unbranched alkanes of at least 4 members (excludes halogenated alkanes) is 1. The van der Waals surface area contributed by atoms with Gasteiger partial charge in [-0.3, -0.25) is 9.59 Å². The third-order valence-corrected chi connectivity index (χ3v) is 4.32. The van der Waals surface area contributed by atoms with E-state index in [1.807, 2.05) is 44.2 Å². The summed E-state index contributed by atoms with van der Waals surface area (Å²) in [5.41, 5.74) is 0.878. The maximum Gasteiger partial charge on any atom is 0.408 e. The lowest BCUT2D eigenvalue weighted by atomic mass is 9.98. The van der Waals surface area contributed by atoms with E-state index in [2.05, 4.69) is 15.4 Å². The van der Waals surface area contributed by atoms with Crippen LogP contribution < -0.4 is 10.6 Å². The summed E-state index contributed by atoms with van der Waals surface area (Å²) in [6.45, 7) is 4.44. The second-order valence-corrected chi connectivity index (χ2v) is 6.39. The van der Waals surface area contributed by atoms with Gasteiger partial charge in [-0.2, -0.15) is 0 Å². The normalized spacial score (nSPS) is 12.6. The Balaban J connectivity index is 2.43. The minimum atomic E-state index is -0.668. The molecular formula is C20H30N2O5. The van der Waals surface area contributed by atoms with Crippen molar-refractivity contribution in [3.05, 3.63) is 35.9 Å². The van der Waals surface area contributed by atoms with Crippen molar-refractivity contribution in [1.29, 1.82) is 0 Å². The van der Waals surface area contributed by atoms with Gasteiger partial charge in [0.25, 0.3) is 0 Å². The summed E-state index contributed by atoms with van der Waals surface area (Å²) >= 11 is 0. The second kappa shape index (κ2) is 12.7. The van der Waals surface area contributed by atoms with Gasteiger partial charge in [0, 0.05) is 13.0 Å². The number of carbonyl (C=O) groups is 3. The molecule has 0 aliphatic rings. The first-order chi connectivity index (χ1) is 13.0. The molecule has 1 aromatic rings. The van der Waals surface area contributed by atoms with Crippen LogP contribution >= 0.6 is 0 Å². The number of alkyl carbamates (subject to hydrolysis) is 1. The van der Waals surface area contributed by atoms with Gasteiger partial charge in [-0.15, -0.1) is 0 Å². The number of amides is 2. The number of carbonyl (C=O) groups excluding carboxylic acids is 3. The molecule has 0 saturated heterocycles. The summed E-state index contributed by atoms with van der Waals surface area (Å²) in [5, 5.41) is 5.47. The molecule has 2 amide bonds. The molecule has 7 heteroatoms. The van der Waals surface area contributed by atoms with Crippen LogP contribution in [0.2, 0.25) is 0 Å². The molecule has 1 aromatic carbocycles. The quantitative estimate of drug-likeness (QED) is 0.456. The molecule has 1 rings (SSSR count). The van der Waals surface area contributed by atoms with Crippen molar-refractivity contribution < 1.29 is 23.9 Å². The maximum absolute atomic E-state index is 12.4. The molecule has 0 unspecified atom stereocenters. The molecule has 0 saturated carbocycles. The lowest BCUT2D eigenvalue weighted by molar-refractivity contribution is -0.140. The Kier molecular flexibility index (Phi) is 10.6. The van der Waals surface area contributed by atoms with Gasteiger partial charge in [-0.05, 0) is 24.3 Å². The van der Waals surface area contributed by atoms with Crippen LogP contribution in [0.1, 0.15) is 45.1 Å². The van der Waals surface area contributed by atoms with Crippen LogP contribution in [0.3, 0.4) is 0 Å². The highest BCUT2D eigenvalue weighted by molar-refractivity contribution is 5.85. The average molecular weight is 378 g/mol. The van der Waals surface area contributed by atoms with Gasteiger partial charge >= 0.3 is 12.1 Å². The zero-order valence-corrected chi connectivity index (χ0v) is 16.3. The van der Waals surface area contributed by atoms with Crippen LogP contribution in [0, 0.1) is 5.92 Å². The Morgan fingerprint density at radius 1 is 1.11 bits per heavy atom. The standard InChI is InChI=1S/C20H30N2O5/c1-4-15(2)18(19(24)21-13-9-8-12-17(23)26-3)22-20(25)27-14-16-10-6-5-7-11-16/h5-7,10-11,15,18H,4,8-9,12-14H2,1-3H3,(H,21,24)(H,22,25)/t15-,18-/m0/s1. The Hall–Kier alpha value is -2.57. The highest BCUT2D eigenvalue weighted by atomic mass is 16.5. The molecule has 0 radical (unpaired) electrons. The molecule has 0 aliphatic heterocycles. The fraction of sp³-hybridized carbons (Fsp3) is 0.550. The summed E-state index contributed by atoms with van der Waals surface area (Å²) in [5.74, 6) is -0.551. The van der Waals surface area contributed by atoms with E-state index >= 15 is 0 Å². The molecule has 0 fully saturated rings. The number of esters is 1. The highest BCUT2D eigenvalue weighted by Gasteiger charge is 2.26. The first-order valence-corrected chi connectivity index (χ1v) is 9.29. The third-order valence-electron chi connectivity index (χ3n) is 4.32. The first kappa shape index (κ1) is 22.5. The van der Waals surface area contributed by atoms with E-state index in [9.17, 15) is 14.4 Å². The predicted molar refractivity (Wildman–Crippen MR) is 102 cm³/mol. The number of hydrogen-bond donors (Lipinski definition) is 2. The van der Waals surface area contributed by atoms with Gasteiger partial charge in [0.2, 0.25) is 5.91 Å². The monoisotopic (exact) mass is 378 g/mol. The summed E-state index contributed by atoms with van der Waals surface area (Å²) in [4.78, 5) is 35.6. The van der Waals surface area contributed by atoms with Crippen molar-refractivity contribution in [2.45, 2.75) is 52.2 Å². The molecule has 150 valence electrons. The van der Waals surface area contributed by atoms with Crippen molar-refractivity contribution in [3.8, 4) is 0 Å². The Labute approximate surface area is 160 Å². The van der Waals surface area contributed by atoms with Crippen LogP contribution in [0.15, 0.2) is 30.3 Å². The minimum Gasteiger partial charge on any atom is -0.469 e. The van der Waals surface area contributed by atoms with Crippen LogP contribution in [0.5, 0.6) is 0 Å². The fourth-order valence-corrected chi connectivity index (χ4v) is 2.41. The van der Waals surface area contributed by atoms with Gasteiger partial charge in [0.15, 0.2) is 0 Å². The molecule has 0 aliphatic carbocycles. The summed E-state index contributed by atoms with van der Waals surface area (Å²) in [7, 11) is 1.35. The fourth-order valence-electron chi connectivity index (χ4n) is 2.41. The van der Waals surface area contributed by atoms with Gasteiger partial charge < -0.3 is 20.1 Å². The topological polar surface area (TPSA) is 93.7 Å². The molecule has 2 N–H and O–H groups in total. The lowest BCUT2D eigenvalue weighted by Gasteiger charge is -2.23. The van der Waals surface area contributed by atoms with Crippen LogP contribution in [0.25, 0.3) is 0 Å². The minimum absolute atomic E-state index is 0.0376. The Morgan fingerprint density at radius 2 is 1.81 bits per heavy atom. The number of nitrogens with one attached hydrogen (secondary N) is 2. The zero-order valence-electron chi connectivity index (χ0n) is 16.3. The van der Waals surface area contributed by atoms with E-state index in [4.69, 9.17) is 4.74 Å². The van der Waals surface area contributed by atoms with E-state index in [1.54, 1.807) is 0 Å². The largest absolute Gasteiger partial charge is 0.469 e. The smallest absolute Gasteiger partial charge is 0.408 e. The predicted octanol–water partition coefficient (Wildman–Crippen LogP) is 2.79. The molecule has 0 spiro atoms. The maximum atomic E-state index is 12.4. The zero-order chi connectivity index (χ0) is 20.1. The van der Waals surface area contributed by atoms with Crippen LogP contribution in [-0.4, -0.2) is 37.7 Å². The van der Waals surface area contributed by atoms with Gasteiger partial charge in [0.1, 0.15) is 12.6 Å². The van der Waals surface area contributed by atoms with Gasteiger partial charge in [-0.1, -0.05) is 50.6 Å². The van der Waals surface area contributed by atoms with E-state index in [-0.39, 0.29) is 24.4 Å². The summed E-state index contributed by atoms with van der Waals surface area (Å²) in [6, 6.07) is 8.68. The summed E-state index contributed by atoms with van der Waals surface area (Å²) < 4.78 is 9.78. The molecule has 7 nitrogen and oxygen atoms in total. The van der Waals surface area contributed by atoms with Crippen molar-refractivity contribution in [2.24, 2.45) is 5.92 Å².